The summed E-state index contributed by atoms with van der Waals surface area (Å²) < 4.78 is 0. The number of nitrogens with zero attached hydrogens (tertiary/aromatic N) is 2. The first-order valence-electron chi connectivity index (χ1n) is 5.19. The Bertz CT molecular complexity index is 208. The molecule has 0 aromatic heterocycles. The van der Waals surface area contributed by atoms with Crippen molar-refractivity contribution < 1.29 is 0 Å². The van der Waals surface area contributed by atoms with Crippen LogP contribution in [0.3, 0.4) is 0 Å². The highest BCUT2D eigenvalue weighted by atomic mass is 79.9. The molecule has 1 aliphatic rings. The van der Waals surface area contributed by atoms with Crippen LogP contribution in [0.25, 0.3) is 0 Å². The summed E-state index contributed by atoms with van der Waals surface area (Å²) in [6.45, 7) is 5.47. The van der Waals surface area contributed by atoms with Crippen molar-refractivity contribution >= 4 is 32.9 Å². The van der Waals surface area contributed by atoms with Gasteiger partial charge in [0.15, 0.2) is 5.17 Å². The van der Waals surface area contributed by atoms with Crippen molar-refractivity contribution in [2.45, 2.75) is 38.0 Å². The van der Waals surface area contributed by atoms with Gasteiger partial charge in [0.2, 0.25) is 0 Å². The molecule has 1 rings (SSSR count). The molecule has 2 unspecified atom stereocenters. The monoisotopic (exact) mass is 278 g/mol. The fraction of sp³-hybridized carbons (Fsp3) is 0.900. The van der Waals surface area contributed by atoms with E-state index in [0.29, 0.717) is 11.3 Å². The van der Waals surface area contributed by atoms with E-state index in [4.69, 9.17) is 0 Å². The van der Waals surface area contributed by atoms with E-state index < -0.39 is 0 Å². The van der Waals surface area contributed by atoms with Crippen LogP contribution in [0, 0.1) is 0 Å². The van der Waals surface area contributed by atoms with Crippen LogP contribution in [0.15, 0.2) is 4.99 Å². The molecule has 0 aliphatic carbocycles. The van der Waals surface area contributed by atoms with Crippen molar-refractivity contribution in [3.63, 3.8) is 0 Å². The lowest BCUT2D eigenvalue weighted by Crippen LogP contribution is -2.32. The van der Waals surface area contributed by atoms with Gasteiger partial charge >= 0.3 is 0 Å². The SMILES string of the molecule is CCCC(C)N(C)C1=NCC(CBr)S1. The zero-order valence-electron chi connectivity index (χ0n) is 9.16. The molecule has 4 heteroatoms. The lowest BCUT2D eigenvalue weighted by Gasteiger charge is -2.26. The summed E-state index contributed by atoms with van der Waals surface area (Å²) in [6, 6.07) is 0.611. The van der Waals surface area contributed by atoms with Crippen molar-refractivity contribution in [3.8, 4) is 0 Å². The van der Waals surface area contributed by atoms with Gasteiger partial charge in [-0.25, -0.2) is 0 Å². The van der Waals surface area contributed by atoms with Gasteiger partial charge in [0.1, 0.15) is 0 Å². The van der Waals surface area contributed by atoms with Crippen molar-refractivity contribution in [1.29, 1.82) is 0 Å². The van der Waals surface area contributed by atoms with Gasteiger partial charge < -0.3 is 4.90 Å². The van der Waals surface area contributed by atoms with Crippen molar-refractivity contribution in [1.82, 2.24) is 4.90 Å². The van der Waals surface area contributed by atoms with E-state index in [1.165, 1.54) is 18.0 Å². The summed E-state index contributed by atoms with van der Waals surface area (Å²) in [6.07, 6.45) is 2.49. The zero-order valence-corrected chi connectivity index (χ0v) is 11.6. The molecular formula is C10H19BrN2S. The molecular weight excluding hydrogens is 260 g/mol. The fourth-order valence-electron chi connectivity index (χ4n) is 1.48. The highest BCUT2D eigenvalue weighted by molar-refractivity contribution is 9.09. The number of aliphatic imine (C=N–C) groups is 1. The molecule has 0 saturated heterocycles. The Hall–Kier alpha value is 0.300. The van der Waals surface area contributed by atoms with Crippen LogP contribution in [0.2, 0.25) is 0 Å². The molecule has 0 aromatic carbocycles. The first kappa shape index (κ1) is 12.4. The molecule has 14 heavy (non-hydrogen) atoms. The van der Waals surface area contributed by atoms with E-state index in [0.717, 1.165) is 11.9 Å². The molecule has 1 aliphatic heterocycles. The Kier molecular flexibility index (Phi) is 5.31. The number of alkyl halides is 1. The molecule has 0 aromatic rings. The predicted molar refractivity (Wildman–Crippen MR) is 69.6 cm³/mol. The minimum absolute atomic E-state index is 0.611. The molecule has 1 heterocycles. The largest absolute Gasteiger partial charge is 0.352 e. The topological polar surface area (TPSA) is 15.6 Å². The maximum atomic E-state index is 4.57. The van der Waals surface area contributed by atoms with E-state index in [1.54, 1.807) is 0 Å². The number of rotatable bonds is 4. The maximum absolute atomic E-state index is 4.57. The second-order valence-electron chi connectivity index (χ2n) is 3.77. The van der Waals surface area contributed by atoms with E-state index in [2.05, 4.69) is 46.7 Å². The van der Waals surface area contributed by atoms with Crippen LogP contribution < -0.4 is 0 Å². The third-order valence-corrected chi connectivity index (χ3v) is 5.03. The average molecular weight is 279 g/mol. The van der Waals surface area contributed by atoms with Gasteiger partial charge in [-0.15, -0.1) is 0 Å². The van der Waals surface area contributed by atoms with Crippen molar-refractivity contribution in [2.75, 3.05) is 18.9 Å². The number of hydrogen-bond donors (Lipinski definition) is 0. The Morgan fingerprint density at radius 1 is 1.71 bits per heavy atom. The third kappa shape index (κ3) is 3.16. The molecule has 0 fully saturated rings. The molecule has 0 bridgehead atoms. The molecule has 0 radical (unpaired) electrons. The minimum Gasteiger partial charge on any atom is -0.352 e. The molecule has 0 N–H and O–H groups in total. The van der Waals surface area contributed by atoms with E-state index in [9.17, 15) is 0 Å². The summed E-state index contributed by atoms with van der Waals surface area (Å²) in [5.41, 5.74) is 0. The van der Waals surface area contributed by atoms with Crippen LogP contribution in [0.4, 0.5) is 0 Å². The highest BCUT2D eigenvalue weighted by Gasteiger charge is 2.23. The van der Waals surface area contributed by atoms with Gasteiger partial charge in [-0.2, -0.15) is 0 Å². The predicted octanol–water partition coefficient (Wildman–Crippen LogP) is 2.97. The maximum Gasteiger partial charge on any atom is 0.159 e. The van der Waals surface area contributed by atoms with Gasteiger partial charge in [0, 0.05) is 23.7 Å². The van der Waals surface area contributed by atoms with Crippen LogP contribution >= 0.6 is 27.7 Å². The van der Waals surface area contributed by atoms with Gasteiger partial charge in [0.05, 0.1) is 6.54 Å². The lowest BCUT2D eigenvalue weighted by molar-refractivity contribution is 0.373. The molecule has 2 atom stereocenters. The number of hydrogen-bond acceptors (Lipinski definition) is 3. The average Bonchev–Trinajstić information content (AvgIpc) is 2.65. The molecule has 82 valence electrons. The lowest BCUT2D eigenvalue weighted by atomic mass is 10.2. The van der Waals surface area contributed by atoms with Crippen LogP contribution in [0.1, 0.15) is 26.7 Å². The van der Waals surface area contributed by atoms with E-state index >= 15 is 0 Å². The summed E-state index contributed by atoms with van der Waals surface area (Å²) >= 11 is 5.41. The number of thioether (sulfide) groups is 1. The normalized spacial score (nSPS) is 23.4. The van der Waals surface area contributed by atoms with Gasteiger partial charge in [-0.1, -0.05) is 41.0 Å². The molecule has 0 spiro atoms. The van der Waals surface area contributed by atoms with Gasteiger partial charge in [-0.05, 0) is 13.3 Å². The zero-order chi connectivity index (χ0) is 10.6. The number of halogens is 1. The van der Waals surface area contributed by atoms with E-state index in [1.807, 2.05) is 11.8 Å². The van der Waals surface area contributed by atoms with Crippen molar-refractivity contribution in [2.24, 2.45) is 4.99 Å². The van der Waals surface area contributed by atoms with Gasteiger partial charge in [-0.3, -0.25) is 4.99 Å². The standard InChI is InChI=1S/C10H19BrN2S/c1-4-5-8(2)13(3)10-12-7-9(6-11)14-10/h8-9H,4-7H2,1-3H3. The Morgan fingerprint density at radius 3 is 2.93 bits per heavy atom. The smallest absolute Gasteiger partial charge is 0.159 e. The minimum atomic E-state index is 0.611. The van der Waals surface area contributed by atoms with Crippen LogP contribution in [-0.4, -0.2) is 40.3 Å². The number of amidine groups is 1. The summed E-state index contributed by atoms with van der Waals surface area (Å²) in [7, 11) is 2.16. The highest BCUT2D eigenvalue weighted by Crippen LogP contribution is 2.25. The quantitative estimate of drug-likeness (QED) is 0.735. The Morgan fingerprint density at radius 2 is 2.43 bits per heavy atom. The second kappa shape index (κ2) is 6.01. The Labute approximate surface area is 99.7 Å². The second-order valence-corrected chi connectivity index (χ2v) is 5.68. The Balaban J connectivity index is 2.42. The van der Waals surface area contributed by atoms with Crippen LogP contribution in [0.5, 0.6) is 0 Å². The summed E-state index contributed by atoms with van der Waals surface area (Å²) in [5, 5.41) is 2.90. The fourth-order valence-corrected chi connectivity index (χ4v) is 3.09. The van der Waals surface area contributed by atoms with E-state index in [-0.39, 0.29) is 0 Å². The van der Waals surface area contributed by atoms with Crippen molar-refractivity contribution in [3.05, 3.63) is 0 Å². The summed E-state index contributed by atoms with van der Waals surface area (Å²) in [5.74, 6) is 0. The molecule has 0 amide bonds. The third-order valence-electron chi connectivity index (χ3n) is 2.54. The molecule has 2 nitrogen and oxygen atoms in total. The molecule has 0 saturated carbocycles. The first-order valence-corrected chi connectivity index (χ1v) is 7.19. The first-order chi connectivity index (χ1) is 6.69. The van der Waals surface area contributed by atoms with Crippen LogP contribution in [-0.2, 0) is 0 Å². The summed E-state index contributed by atoms with van der Waals surface area (Å²) in [4.78, 5) is 6.88. The van der Waals surface area contributed by atoms with Gasteiger partial charge in [0.25, 0.3) is 0 Å².